The number of nitrogens with one attached hydrogen (secondary N) is 2. The van der Waals surface area contributed by atoms with Crippen molar-refractivity contribution in [1.29, 1.82) is 0 Å². The number of halogens is 1. The minimum absolute atomic E-state index is 0.287. The fraction of sp³-hybridized carbons (Fsp3) is 0.500. The number of amides is 2. The number of hydrogen-bond acceptors (Lipinski definition) is 3. The Hall–Kier alpha value is -1.14. The van der Waals surface area contributed by atoms with Crippen LogP contribution in [0.4, 0.5) is 10.5 Å². The molecule has 0 fully saturated rings. The molecule has 18 heavy (non-hydrogen) atoms. The Balaban J connectivity index is 2.40. The van der Waals surface area contributed by atoms with Crippen molar-refractivity contribution in [3.63, 3.8) is 0 Å². The lowest BCUT2D eigenvalue weighted by Gasteiger charge is -2.11. The zero-order valence-electron chi connectivity index (χ0n) is 10.5. The van der Waals surface area contributed by atoms with Crippen molar-refractivity contribution in [2.45, 2.75) is 32.8 Å². The Kier molecular flexibility index (Phi) is 6.07. The number of aryl methyl sites for hydroxylation is 1. The summed E-state index contributed by atoms with van der Waals surface area (Å²) in [5.74, 6) is 0. The van der Waals surface area contributed by atoms with E-state index in [0.29, 0.717) is 25.1 Å². The lowest BCUT2D eigenvalue weighted by atomic mass is 10.2. The topological polar surface area (TPSA) is 74.2 Å². The van der Waals surface area contributed by atoms with Gasteiger partial charge in [-0.15, -0.1) is 0 Å². The molecular weight excluding hydrogens is 298 g/mol. The highest BCUT2D eigenvalue weighted by Gasteiger charge is 2.06. The second-order valence-electron chi connectivity index (χ2n) is 4.00. The van der Waals surface area contributed by atoms with Gasteiger partial charge in [-0.1, -0.05) is 6.92 Å². The van der Waals surface area contributed by atoms with Gasteiger partial charge in [-0.05, 0) is 47.8 Å². The van der Waals surface area contributed by atoms with Gasteiger partial charge in [-0.3, -0.25) is 0 Å². The molecule has 0 radical (unpaired) electrons. The summed E-state index contributed by atoms with van der Waals surface area (Å²) in [4.78, 5) is 15.8. The molecule has 1 aromatic rings. The molecule has 100 valence electrons. The summed E-state index contributed by atoms with van der Waals surface area (Å²) in [5.41, 5.74) is 1.42. The Morgan fingerprint density at radius 3 is 2.89 bits per heavy atom. The molecule has 0 saturated carbocycles. The van der Waals surface area contributed by atoms with Gasteiger partial charge in [0, 0.05) is 6.54 Å². The number of nitrogens with zero attached hydrogens (tertiary/aromatic N) is 1. The molecule has 3 N–H and O–H groups in total. The maximum absolute atomic E-state index is 11.6. The molecule has 0 bridgehead atoms. The van der Waals surface area contributed by atoms with Gasteiger partial charge in [0.2, 0.25) is 0 Å². The van der Waals surface area contributed by atoms with Crippen molar-refractivity contribution in [2.24, 2.45) is 0 Å². The van der Waals surface area contributed by atoms with E-state index in [-0.39, 0.29) is 12.1 Å². The van der Waals surface area contributed by atoms with Crippen LogP contribution >= 0.6 is 15.9 Å². The summed E-state index contributed by atoms with van der Waals surface area (Å²) in [5, 5.41) is 14.8. The molecular formula is C12H18BrN3O2. The molecule has 1 unspecified atom stereocenters. The van der Waals surface area contributed by atoms with Crippen LogP contribution in [0.1, 0.15) is 25.5 Å². The summed E-state index contributed by atoms with van der Waals surface area (Å²) in [6, 6.07) is 3.27. The number of anilines is 1. The third kappa shape index (κ3) is 5.01. The molecule has 1 rings (SSSR count). The smallest absolute Gasteiger partial charge is 0.319 e. The summed E-state index contributed by atoms with van der Waals surface area (Å²) >= 11 is 3.26. The van der Waals surface area contributed by atoms with Gasteiger partial charge in [0.05, 0.1) is 17.5 Å². The van der Waals surface area contributed by atoms with Crippen LogP contribution in [0.25, 0.3) is 0 Å². The van der Waals surface area contributed by atoms with E-state index in [9.17, 15) is 9.90 Å². The summed E-state index contributed by atoms with van der Waals surface area (Å²) in [6.07, 6.45) is 0.891. The first-order chi connectivity index (χ1) is 8.52. The first kappa shape index (κ1) is 14.9. The van der Waals surface area contributed by atoms with Crippen LogP contribution < -0.4 is 10.6 Å². The fourth-order valence-electron chi connectivity index (χ4n) is 1.39. The zero-order chi connectivity index (χ0) is 13.5. The van der Waals surface area contributed by atoms with E-state index in [0.717, 1.165) is 10.3 Å². The number of aliphatic hydroxyl groups excluding tert-OH is 1. The number of carbonyl (C=O) groups is 1. The molecule has 0 spiro atoms. The second-order valence-corrected chi connectivity index (χ2v) is 4.81. The highest BCUT2D eigenvalue weighted by molar-refractivity contribution is 9.10. The largest absolute Gasteiger partial charge is 0.393 e. The van der Waals surface area contributed by atoms with Gasteiger partial charge in [0.1, 0.15) is 4.60 Å². The van der Waals surface area contributed by atoms with Crippen molar-refractivity contribution < 1.29 is 9.90 Å². The van der Waals surface area contributed by atoms with Crippen LogP contribution in [0, 0.1) is 6.92 Å². The first-order valence-electron chi connectivity index (χ1n) is 5.89. The number of hydrogen-bond donors (Lipinski definition) is 3. The van der Waals surface area contributed by atoms with Crippen LogP contribution in [0.2, 0.25) is 0 Å². The van der Waals surface area contributed by atoms with E-state index >= 15 is 0 Å². The number of pyridine rings is 1. The van der Waals surface area contributed by atoms with Crippen LogP contribution in [0.15, 0.2) is 16.7 Å². The highest BCUT2D eigenvalue weighted by atomic mass is 79.9. The minimum Gasteiger partial charge on any atom is -0.393 e. The van der Waals surface area contributed by atoms with Crippen LogP contribution in [-0.4, -0.2) is 28.8 Å². The van der Waals surface area contributed by atoms with Crippen molar-refractivity contribution in [1.82, 2.24) is 10.3 Å². The number of rotatable bonds is 5. The third-order valence-electron chi connectivity index (χ3n) is 2.53. The molecule has 0 aromatic carbocycles. The second kappa shape index (κ2) is 7.33. The molecule has 1 heterocycles. The first-order valence-corrected chi connectivity index (χ1v) is 6.68. The van der Waals surface area contributed by atoms with Gasteiger partial charge in [-0.25, -0.2) is 9.78 Å². The van der Waals surface area contributed by atoms with Crippen molar-refractivity contribution in [3.8, 4) is 0 Å². The molecule has 1 aromatic heterocycles. The van der Waals surface area contributed by atoms with Crippen LogP contribution in [-0.2, 0) is 0 Å². The van der Waals surface area contributed by atoms with E-state index in [1.54, 1.807) is 12.1 Å². The van der Waals surface area contributed by atoms with Crippen LogP contribution in [0.3, 0.4) is 0 Å². The standard InChI is InChI=1S/C12H18BrN3O2/c1-3-9(17)6-7-14-12(18)16-10-4-5-11(13)15-8(10)2/h4-5,9,17H,3,6-7H2,1-2H3,(H2,14,16,18). The van der Waals surface area contributed by atoms with E-state index in [1.165, 1.54) is 0 Å². The zero-order valence-corrected chi connectivity index (χ0v) is 12.1. The number of aromatic nitrogens is 1. The molecule has 0 aliphatic carbocycles. The van der Waals surface area contributed by atoms with Gasteiger partial charge in [0.15, 0.2) is 0 Å². The predicted octanol–water partition coefficient (Wildman–Crippen LogP) is 2.44. The average Bonchev–Trinajstić information content (AvgIpc) is 2.32. The Bertz CT molecular complexity index is 412. The Morgan fingerprint density at radius 1 is 1.56 bits per heavy atom. The van der Waals surface area contributed by atoms with Crippen molar-refractivity contribution >= 4 is 27.6 Å². The number of carbonyl (C=O) groups excluding carboxylic acids is 1. The summed E-state index contributed by atoms with van der Waals surface area (Å²) in [6.45, 7) is 4.17. The molecule has 1 atom stereocenters. The van der Waals surface area contributed by atoms with Gasteiger partial charge >= 0.3 is 6.03 Å². The minimum atomic E-state index is -0.360. The van der Waals surface area contributed by atoms with E-state index in [4.69, 9.17) is 0 Å². The molecule has 0 aliphatic rings. The Labute approximate surface area is 115 Å². The van der Waals surface area contributed by atoms with Gasteiger partial charge in [0.25, 0.3) is 0 Å². The Morgan fingerprint density at radius 2 is 2.28 bits per heavy atom. The maximum Gasteiger partial charge on any atom is 0.319 e. The normalized spacial score (nSPS) is 12.0. The summed E-state index contributed by atoms with van der Waals surface area (Å²) < 4.78 is 0.733. The monoisotopic (exact) mass is 315 g/mol. The fourth-order valence-corrected chi connectivity index (χ4v) is 1.78. The van der Waals surface area contributed by atoms with Crippen molar-refractivity contribution in [3.05, 3.63) is 22.4 Å². The number of urea groups is 1. The number of aliphatic hydroxyl groups is 1. The summed E-state index contributed by atoms with van der Waals surface area (Å²) in [7, 11) is 0. The van der Waals surface area contributed by atoms with E-state index < -0.39 is 0 Å². The molecule has 0 aliphatic heterocycles. The van der Waals surface area contributed by atoms with Gasteiger partial charge < -0.3 is 15.7 Å². The SMILES string of the molecule is CCC(O)CCNC(=O)Nc1ccc(Br)nc1C. The van der Waals surface area contributed by atoms with Gasteiger partial charge in [-0.2, -0.15) is 0 Å². The lowest BCUT2D eigenvalue weighted by Crippen LogP contribution is -2.31. The van der Waals surface area contributed by atoms with Crippen molar-refractivity contribution in [2.75, 3.05) is 11.9 Å². The quantitative estimate of drug-likeness (QED) is 0.731. The molecule has 2 amide bonds. The van der Waals surface area contributed by atoms with Crippen LogP contribution in [0.5, 0.6) is 0 Å². The lowest BCUT2D eigenvalue weighted by molar-refractivity contribution is 0.160. The third-order valence-corrected chi connectivity index (χ3v) is 2.98. The molecule has 0 saturated heterocycles. The predicted molar refractivity (Wildman–Crippen MR) is 74.6 cm³/mol. The van der Waals surface area contributed by atoms with E-state index in [1.807, 2.05) is 13.8 Å². The highest BCUT2D eigenvalue weighted by Crippen LogP contribution is 2.15. The molecule has 6 heteroatoms. The average molecular weight is 316 g/mol. The molecule has 5 nitrogen and oxygen atoms in total. The van der Waals surface area contributed by atoms with E-state index in [2.05, 4.69) is 31.5 Å². The maximum atomic E-state index is 11.6.